The summed E-state index contributed by atoms with van der Waals surface area (Å²) in [6.07, 6.45) is -0.376. The number of aromatic nitrogens is 1. The van der Waals surface area contributed by atoms with Crippen molar-refractivity contribution in [1.82, 2.24) is 9.29 Å². The van der Waals surface area contributed by atoms with Gasteiger partial charge in [-0.2, -0.15) is 4.31 Å². The van der Waals surface area contributed by atoms with E-state index in [1.54, 1.807) is 12.1 Å². The van der Waals surface area contributed by atoms with Crippen molar-refractivity contribution < 1.29 is 22.7 Å². The summed E-state index contributed by atoms with van der Waals surface area (Å²) in [4.78, 5) is 14.3. The number of carbonyl (C=O) groups excluding carboxylic acids is 1. The summed E-state index contributed by atoms with van der Waals surface area (Å²) in [5, 5.41) is 0.666. The molecule has 1 aromatic carbocycles. The molecule has 1 saturated heterocycles. The number of amides is 1. The number of halogens is 1. The Morgan fingerprint density at radius 1 is 1.44 bits per heavy atom. The van der Waals surface area contributed by atoms with Crippen LogP contribution in [-0.2, 0) is 19.5 Å². The van der Waals surface area contributed by atoms with Crippen LogP contribution in [0.15, 0.2) is 23.1 Å². The Hall–Kier alpha value is -1.65. The van der Waals surface area contributed by atoms with Crippen molar-refractivity contribution in [3.05, 3.63) is 28.9 Å². The van der Waals surface area contributed by atoms with Gasteiger partial charge in [0.2, 0.25) is 10.0 Å². The minimum absolute atomic E-state index is 0.0910. The largest absolute Gasteiger partial charge is 0.376 e. The molecule has 8 nitrogen and oxygen atoms in total. The summed E-state index contributed by atoms with van der Waals surface area (Å²) in [5.41, 5.74) is 5.65. The second-order valence-electron chi connectivity index (χ2n) is 5.74. The predicted molar refractivity (Wildman–Crippen MR) is 92.2 cm³/mol. The number of rotatable bonds is 5. The van der Waals surface area contributed by atoms with Gasteiger partial charge in [-0.3, -0.25) is 4.79 Å². The Bertz CT molecular complexity index is 905. The van der Waals surface area contributed by atoms with Gasteiger partial charge in [0.25, 0.3) is 5.91 Å². The lowest BCUT2D eigenvalue weighted by atomic mass is 10.2. The summed E-state index contributed by atoms with van der Waals surface area (Å²) < 4.78 is 38.1. The van der Waals surface area contributed by atoms with Crippen LogP contribution in [0.2, 0.25) is 5.02 Å². The average Bonchev–Trinajstić information content (AvgIpc) is 2.95. The van der Waals surface area contributed by atoms with Gasteiger partial charge in [0.15, 0.2) is 0 Å². The van der Waals surface area contributed by atoms with Crippen LogP contribution in [0.25, 0.3) is 10.9 Å². The molecule has 1 amide bonds. The smallest absolute Gasteiger partial charge is 0.266 e. The highest BCUT2D eigenvalue weighted by Gasteiger charge is 2.32. The topological polar surface area (TPSA) is 115 Å². The number of benzene rings is 1. The first-order valence-corrected chi connectivity index (χ1v) is 9.39. The fourth-order valence-corrected chi connectivity index (χ4v) is 4.47. The Kier molecular flexibility index (Phi) is 5.03. The van der Waals surface area contributed by atoms with Crippen molar-refractivity contribution in [2.24, 2.45) is 5.73 Å². The van der Waals surface area contributed by atoms with E-state index in [9.17, 15) is 13.2 Å². The fourth-order valence-electron chi connectivity index (χ4n) is 2.76. The second-order valence-corrected chi connectivity index (χ2v) is 8.15. The van der Waals surface area contributed by atoms with Crippen molar-refractivity contribution in [1.29, 1.82) is 0 Å². The molecule has 0 aliphatic carbocycles. The number of hydrogen-bond acceptors (Lipinski definition) is 5. The van der Waals surface area contributed by atoms with Gasteiger partial charge in [0, 0.05) is 29.5 Å². The standard InChI is InChI=1S/C15H18ClN3O5S/c1-19(7-10-8-23-4-5-24-10)25(21,22)14-11-6-9(16)2-3-12(11)18-13(14)15(17)20/h2-3,6,10,18H,4-5,7-8H2,1H3,(H2,17,20). The molecule has 1 fully saturated rings. The van der Waals surface area contributed by atoms with Crippen molar-refractivity contribution >= 4 is 38.4 Å². The molecule has 2 heterocycles. The van der Waals surface area contributed by atoms with Crippen molar-refractivity contribution in [3.8, 4) is 0 Å². The van der Waals surface area contributed by atoms with Crippen LogP contribution in [0, 0.1) is 0 Å². The van der Waals surface area contributed by atoms with E-state index in [-0.39, 0.29) is 23.2 Å². The molecule has 0 saturated carbocycles. The SMILES string of the molecule is CN(CC1COCCO1)S(=O)(=O)c1c(C(N)=O)[nH]c2ccc(Cl)cc12. The Balaban J connectivity index is 2.04. The normalized spacial score (nSPS) is 18.8. The number of likely N-dealkylation sites (N-methyl/N-ethyl adjacent to an activating group) is 1. The molecule has 1 aliphatic heterocycles. The number of hydrogen-bond donors (Lipinski definition) is 2. The van der Waals surface area contributed by atoms with E-state index in [2.05, 4.69) is 4.98 Å². The molecule has 3 rings (SSSR count). The van der Waals surface area contributed by atoms with Gasteiger partial charge < -0.3 is 20.2 Å². The number of nitrogens with zero attached hydrogens (tertiary/aromatic N) is 1. The minimum atomic E-state index is -4.01. The highest BCUT2D eigenvalue weighted by atomic mass is 35.5. The van der Waals surface area contributed by atoms with Crippen molar-refractivity contribution in [3.63, 3.8) is 0 Å². The van der Waals surface area contributed by atoms with E-state index in [0.717, 1.165) is 4.31 Å². The Morgan fingerprint density at radius 3 is 2.84 bits per heavy atom. The van der Waals surface area contributed by atoms with Gasteiger partial charge in [-0.15, -0.1) is 0 Å². The van der Waals surface area contributed by atoms with Crippen LogP contribution < -0.4 is 5.73 Å². The monoisotopic (exact) mass is 387 g/mol. The molecule has 1 atom stereocenters. The van der Waals surface area contributed by atoms with E-state index >= 15 is 0 Å². The van der Waals surface area contributed by atoms with E-state index in [0.29, 0.717) is 35.7 Å². The number of ether oxygens (including phenoxy) is 2. The van der Waals surface area contributed by atoms with Gasteiger partial charge in [-0.05, 0) is 18.2 Å². The van der Waals surface area contributed by atoms with Crippen molar-refractivity contribution in [2.75, 3.05) is 33.4 Å². The summed E-state index contributed by atoms with van der Waals surface area (Å²) in [6, 6.07) is 4.68. The lowest BCUT2D eigenvalue weighted by molar-refractivity contribution is -0.0909. The summed E-state index contributed by atoms with van der Waals surface area (Å²) in [7, 11) is -2.59. The van der Waals surface area contributed by atoms with Crippen LogP contribution in [0.5, 0.6) is 0 Å². The highest BCUT2D eigenvalue weighted by Crippen LogP contribution is 2.31. The van der Waals surface area contributed by atoms with Gasteiger partial charge in [0.05, 0.1) is 25.9 Å². The third kappa shape index (κ3) is 3.51. The molecule has 136 valence electrons. The molecule has 0 spiro atoms. The van der Waals surface area contributed by atoms with Gasteiger partial charge in [-0.1, -0.05) is 11.6 Å². The Labute approximate surface area is 149 Å². The maximum atomic E-state index is 13.1. The zero-order chi connectivity index (χ0) is 18.2. The van der Waals surface area contributed by atoms with E-state index in [1.165, 1.54) is 13.1 Å². The zero-order valence-corrected chi connectivity index (χ0v) is 15.1. The third-order valence-electron chi connectivity index (χ3n) is 3.97. The summed E-state index contributed by atoms with van der Waals surface area (Å²) in [6.45, 7) is 1.30. The van der Waals surface area contributed by atoms with Gasteiger partial charge in [-0.25, -0.2) is 8.42 Å². The maximum absolute atomic E-state index is 13.1. The van der Waals surface area contributed by atoms with E-state index in [4.69, 9.17) is 26.8 Å². The quantitative estimate of drug-likeness (QED) is 0.792. The van der Waals surface area contributed by atoms with E-state index in [1.807, 2.05) is 0 Å². The lowest BCUT2D eigenvalue weighted by Crippen LogP contribution is -2.41. The van der Waals surface area contributed by atoms with Crippen molar-refractivity contribution in [2.45, 2.75) is 11.0 Å². The maximum Gasteiger partial charge on any atom is 0.266 e. The van der Waals surface area contributed by atoms with E-state index < -0.39 is 15.9 Å². The molecule has 10 heteroatoms. The molecular formula is C15H18ClN3O5S. The van der Waals surface area contributed by atoms with Gasteiger partial charge in [0.1, 0.15) is 10.6 Å². The number of aromatic amines is 1. The first kappa shape index (κ1) is 18.2. The van der Waals surface area contributed by atoms with Crippen LogP contribution in [0.1, 0.15) is 10.5 Å². The lowest BCUT2D eigenvalue weighted by Gasteiger charge is -2.27. The second kappa shape index (κ2) is 6.93. The number of fused-ring (bicyclic) bond motifs is 1. The molecule has 1 aliphatic rings. The Morgan fingerprint density at radius 2 is 2.20 bits per heavy atom. The molecule has 0 bridgehead atoms. The molecule has 25 heavy (non-hydrogen) atoms. The average molecular weight is 388 g/mol. The van der Waals surface area contributed by atoms with Crippen LogP contribution in [0.4, 0.5) is 0 Å². The molecular weight excluding hydrogens is 370 g/mol. The number of nitrogens with one attached hydrogen (secondary N) is 1. The zero-order valence-electron chi connectivity index (χ0n) is 13.5. The molecule has 2 aromatic rings. The number of sulfonamides is 1. The third-order valence-corrected chi connectivity index (χ3v) is 6.12. The predicted octanol–water partition coefficient (Wildman–Crippen LogP) is 0.956. The molecule has 1 aromatic heterocycles. The molecule has 3 N–H and O–H groups in total. The number of primary amides is 1. The molecule has 1 unspecified atom stereocenters. The van der Waals surface area contributed by atoms with Crippen LogP contribution in [0.3, 0.4) is 0 Å². The first-order chi connectivity index (χ1) is 11.8. The van der Waals surface area contributed by atoms with Crippen LogP contribution in [-0.4, -0.2) is 63.1 Å². The number of carbonyl (C=O) groups is 1. The number of nitrogens with two attached hydrogens (primary N) is 1. The van der Waals surface area contributed by atoms with Gasteiger partial charge >= 0.3 is 0 Å². The summed E-state index contributed by atoms with van der Waals surface area (Å²) in [5.74, 6) is -0.864. The first-order valence-electron chi connectivity index (χ1n) is 7.57. The number of H-pyrrole nitrogens is 1. The summed E-state index contributed by atoms with van der Waals surface area (Å²) >= 11 is 5.99. The van der Waals surface area contributed by atoms with Crippen LogP contribution >= 0.6 is 11.6 Å². The molecule has 0 radical (unpaired) electrons. The fraction of sp³-hybridized carbons (Fsp3) is 0.400. The highest BCUT2D eigenvalue weighted by molar-refractivity contribution is 7.89. The minimum Gasteiger partial charge on any atom is -0.376 e.